The van der Waals surface area contributed by atoms with Gasteiger partial charge in [-0.15, -0.1) is 0 Å². The van der Waals surface area contributed by atoms with Crippen LogP contribution < -0.4 is 15.6 Å². The molecule has 0 spiro atoms. The van der Waals surface area contributed by atoms with Crippen LogP contribution in [0.1, 0.15) is 20.3 Å². The van der Waals surface area contributed by atoms with Crippen LogP contribution in [0.4, 0.5) is 0 Å². The fourth-order valence-electron chi connectivity index (χ4n) is 1.39. The average molecular weight is 315 g/mol. The molecule has 0 aliphatic carbocycles. The summed E-state index contributed by atoms with van der Waals surface area (Å²) < 4.78 is 10.5. The van der Waals surface area contributed by atoms with Crippen LogP contribution in [-0.2, 0) is 14.3 Å². The average Bonchev–Trinajstić information content (AvgIpc) is 2.47. The van der Waals surface area contributed by atoms with Crippen molar-refractivity contribution in [2.45, 2.75) is 26.4 Å². The lowest BCUT2D eigenvalue weighted by molar-refractivity contribution is -0.133. The van der Waals surface area contributed by atoms with Gasteiger partial charge in [-0.25, -0.2) is 0 Å². The highest BCUT2D eigenvalue weighted by Gasteiger charge is 2.16. The van der Waals surface area contributed by atoms with E-state index in [1.54, 1.807) is 31.2 Å². The van der Waals surface area contributed by atoms with Crippen LogP contribution in [-0.4, -0.2) is 31.1 Å². The Balaban J connectivity index is 2.34. The van der Waals surface area contributed by atoms with Gasteiger partial charge in [-0.2, -0.15) is 0 Å². The van der Waals surface area contributed by atoms with E-state index >= 15 is 0 Å². The molecular formula is C14H19ClN2O4. The number of rotatable bonds is 7. The van der Waals surface area contributed by atoms with Crippen molar-refractivity contribution in [3.05, 3.63) is 29.3 Å². The topological polar surface area (TPSA) is 76.7 Å². The van der Waals surface area contributed by atoms with Crippen LogP contribution in [0.2, 0.25) is 5.02 Å². The lowest BCUT2D eigenvalue weighted by Gasteiger charge is -2.15. The molecule has 116 valence electrons. The maximum Gasteiger partial charge on any atom is 0.279 e. The minimum absolute atomic E-state index is 0.174. The molecule has 1 unspecified atom stereocenters. The fraction of sp³-hybridized carbons (Fsp3) is 0.429. The van der Waals surface area contributed by atoms with Crippen molar-refractivity contribution in [3.8, 4) is 5.75 Å². The number of hydrazine groups is 1. The van der Waals surface area contributed by atoms with Crippen molar-refractivity contribution in [2.75, 3.05) is 13.2 Å². The second-order valence-corrected chi connectivity index (χ2v) is 4.58. The van der Waals surface area contributed by atoms with Gasteiger partial charge in [0.05, 0.1) is 18.1 Å². The molecule has 1 atom stereocenters. The molecule has 0 heterocycles. The van der Waals surface area contributed by atoms with E-state index in [1.165, 1.54) is 0 Å². The zero-order valence-corrected chi connectivity index (χ0v) is 12.8. The first-order valence-corrected chi connectivity index (χ1v) is 7.00. The van der Waals surface area contributed by atoms with Crippen LogP contribution >= 0.6 is 11.6 Å². The number of benzene rings is 1. The van der Waals surface area contributed by atoms with Crippen molar-refractivity contribution in [3.63, 3.8) is 0 Å². The quantitative estimate of drug-likeness (QED) is 0.593. The number of amides is 2. The van der Waals surface area contributed by atoms with E-state index < -0.39 is 12.0 Å². The highest BCUT2D eigenvalue weighted by molar-refractivity contribution is 6.32. The van der Waals surface area contributed by atoms with Gasteiger partial charge in [0, 0.05) is 6.61 Å². The minimum atomic E-state index is -0.794. The first kappa shape index (κ1) is 17.3. The SMILES string of the molecule is CCOCCC(=O)NNC(=O)C(C)Oc1ccccc1Cl. The summed E-state index contributed by atoms with van der Waals surface area (Å²) in [5.41, 5.74) is 4.58. The molecule has 0 aliphatic rings. The molecule has 0 aromatic heterocycles. The Kier molecular flexibility index (Phi) is 7.56. The van der Waals surface area contributed by atoms with Crippen LogP contribution in [0, 0.1) is 0 Å². The van der Waals surface area contributed by atoms with Crippen molar-refractivity contribution < 1.29 is 19.1 Å². The Labute approximate surface area is 128 Å². The van der Waals surface area contributed by atoms with E-state index in [2.05, 4.69) is 10.9 Å². The van der Waals surface area contributed by atoms with E-state index in [1.807, 2.05) is 6.92 Å². The third kappa shape index (κ3) is 6.46. The lowest BCUT2D eigenvalue weighted by Crippen LogP contribution is -2.47. The third-order valence-electron chi connectivity index (χ3n) is 2.51. The van der Waals surface area contributed by atoms with Crippen LogP contribution in [0.5, 0.6) is 5.75 Å². The number of halogens is 1. The normalized spacial score (nSPS) is 11.6. The molecule has 1 aromatic carbocycles. The van der Waals surface area contributed by atoms with Crippen molar-refractivity contribution in [2.24, 2.45) is 0 Å². The number of carbonyl (C=O) groups is 2. The Morgan fingerprint density at radius 1 is 1.29 bits per heavy atom. The van der Waals surface area contributed by atoms with Gasteiger partial charge >= 0.3 is 0 Å². The van der Waals surface area contributed by atoms with Gasteiger partial charge in [-0.05, 0) is 26.0 Å². The second kappa shape index (κ2) is 9.20. The number of para-hydroxylation sites is 1. The van der Waals surface area contributed by atoms with Crippen LogP contribution in [0.25, 0.3) is 0 Å². The van der Waals surface area contributed by atoms with Crippen LogP contribution in [0.15, 0.2) is 24.3 Å². The number of hydrogen-bond acceptors (Lipinski definition) is 4. The Morgan fingerprint density at radius 2 is 2.00 bits per heavy atom. The smallest absolute Gasteiger partial charge is 0.279 e. The van der Waals surface area contributed by atoms with Crippen LogP contribution in [0.3, 0.4) is 0 Å². The summed E-state index contributed by atoms with van der Waals surface area (Å²) >= 11 is 5.93. The van der Waals surface area contributed by atoms with Gasteiger partial charge < -0.3 is 9.47 Å². The van der Waals surface area contributed by atoms with Crippen molar-refractivity contribution >= 4 is 23.4 Å². The predicted molar refractivity (Wildman–Crippen MR) is 78.9 cm³/mol. The summed E-state index contributed by atoms with van der Waals surface area (Å²) in [6, 6.07) is 6.84. The molecule has 21 heavy (non-hydrogen) atoms. The summed E-state index contributed by atoms with van der Waals surface area (Å²) in [5, 5.41) is 0.415. The number of carbonyl (C=O) groups excluding carboxylic acids is 2. The molecule has 0 fully saturated rings. The van der Waals surface area contributed by atoms with Crippen molar-refractivity contribution in [1.82, 2.24) is 10.9 Å². The largest absolute Gasteiger partial charge is 0.479 e. The zero-order chi connectivity index (χ0) is 15.7. The van der Waals surface area contributed by atoms with E-state index in [9.17, 15) is 9.59 Å². The summed E-state index contributed by atoms with van der Waals surface area (Å²) in [4.78, 5) is 23.2. The molecule has 2 amide bonds. The van der Waals surface area contributed by atoms with E-state index in [0.717, 1.165) is 0 Å². The number of nitrogens with one attached hydrogen (secondary N) is 2. The molecular weight excluding hydrogens is 296 g/mol. The minimum Gasteiger partial charge on any atom is -0.479 e. The Bertz CT molecular complexity index is 482. The molecule has 1 rings (SSSR count). The molecule has 0 saturated carbocycles. The van der Waals surface area contributed by atoms with Gasteiger partial charge in [0.25, 0.3) is 5.91 Å². The van der Waals surface area contributed by atoms with Gasteiger partial charge in [0.1, 0.15) is 5.75 Å². The molecule has 2 N–H and O–H groups in total. The second-order valence-electron chi connectivity index (χ2n) is 4.17. The lowest BCUT2D eigenvalue weighted by atomic mass is 10.3. The Morgan fingerprint density at radius 3 is 2.67 bits per heavy atom. The predicted octanol–water partition coefficient (Wildman–Crippen LogP) is 1.68. The summed E-state index contributed by atoms with van der Waals surface area (Å²) in [7, 11) is 0. The third-order valence-corrected chi connectivity index (χ3v) is 2.82. The van der Waals surface area contributed by atoms with Gasteiger partial charge in [0.15, 0.2) is 6.10 Å². The summed E-state index contributed by atoms with van der Waals surface area (Å²) in [5.74, 6) is -0.397. The summed E-state index contributed by atoms with van der Waals surface area (Å²) in [6.45, 7) is 4.25. The molecule has 0 aliphatic heterocycles. The molecule has 0 saturated heterocycles. The van der Waals surface area contributed by atoms with Gasteiger partial charge in [0.2, 0.25) is 5.91 Å². The molecule has 0 bridgehead atoms. The highest BCUT2D eigenvalue weighted by Crippen LogP contribution is 2.24. The molecule has 7 heteroatoms. The standard InChI is InChI=1S/C14H19ClN2O4/c1-3-20-9-8-13(18)16-17-14(19)10(2)21-12-7-5-4-6-11(12)15/h4-7,10H,3,8-9H2,1-2H3,(H,16,18)(H,17,19). The van der Waals surface area contributed by atoms with E-state index in [-0.39, 0.29) is 12.3 Å². The Hall–Kier alpha value is -1.79. The number of hydrogen-bond donors (Lipinski definition) is 2. The zero-order valence-electron chi connectivity index (χ0n) is 12.0. The molecule has 0 radical (unpaired) electrons. The monoisotopic (exact) mass is 314 g/mol. The van der Waals surface area contributed by atoms with Crippen molar-refractivity contribution in [1.29, 1.82) is 0 Å². The number of ether oxygens (including phenoxy) is 2. The van der Waals surface area contributed by atoms with Gasteiger partial charge in [-0.3, -0.25) is 20.4 Å². The van der Waals surface area contributed by atoms with E-state index in [0.29, 0.717) is 24.0 Å². The maximum atomic E-state index is 11.8. The first-order chi connectivity index (χ1) is 10.0. The maximum absolute atomic E-state index is 11.8. The van der Waals surface area contributed by atoms with Gasteiger partial charge in [-0.1, -0.05) is 23.7 Å². The first-order valence-electron chi connectivity index (χ1n) is 6.62. The highest BCUT2D eigenvalue weighted by atomic mass is 35.5. The molecule has 1 aromatic rings. The summed E-state index contributed by atoms with van der Waals surface area (Å²) in [6.07, 6.45) is -0.620. The fourth-order valence-corrected chi connectivity index (χ4v) is 1.57. The molecule has 6 nitrogen and oxygen atoms in total. The van der Waals surface area contributed by atoms with E-state index in [4.69, 9.17) is 21.1 Å².